The minimum absolute atomic E-state index is 0.195. The van der Waals surface area contributed by atoms with Gasteiger partial charge in [-0.25, -0.2) is 4.39 Å². The van der Waals surface area contributed by atoms with Crippen molar-refractivity contribution in [2.45, 2.75) is 0 Å². The van der Waals surface area contributed by atoms with Crippen molar-refractivity contribution >= 4 is 17.4 Å². The third kappa shape index (κ3) is 4.57. The molecule has 0 saturated carbocycles. The van der Waals surface area contributed by atoms with Gasteiger partial charge < -0.3 is 19.5 Å². The molecule has 0 spiro atoms. The van der Waals surface area contributed by atoms with Crippen LogP contribution in [0.2, 0.25) is 0 Å². The largest absolute Gasteiger partial charge is 0.486 e. The zero-order valence-corrected chi connectivity index (χ0v) is 15.9. The maximum atomic E-state index is 13.0. The third-order valence-electron chi connectivity index (χ3n) is 4.42. The molecule has 0 atom stereocenters. The van der Waals surface area contributed by atoms with Crippen molar-refractivity contribution in [1.82, 2.24) is 0 Å². The van der Waals surface area contributed by atoms with E-state index in [-0.39, 0.29) is 18.3 Å². The Morgan fingerprint density at radius 1 is 0.867 bits per heavy atom. The summed E-state index contributed by atoms with van der Waals surface area (Å²) in [6, 6.07) is 16.9. The number of carbonyl (C=O) groups is 2. The lowest BCUT2D eigenvalue weighted by atomic mass is 10.0. The summed E-state index contributed by atoms with van der Waals surface area (Å²) >= 11 is 0. The van der Waals surface area contributed by atoms with Gasteiger partial charge in [-0.05, 0) is 60.7 Å². The lowest BCUT2D eigenvalue weighted by Crippen LogP contribution is -2.20. The Labute approximate surface area is 172 Å². The fourth-order valence-electron chi connectivity index (χ4n) is 2.94. The van der Waals surface area contributed by atoms with Crippen LogP contribution in [0.1, 0.15) is 15.9 Å². The van der Waals surface area contributed by atoms with E-state index in [1.54, 1.807) is 42.5 Å². The maximum absolute atomic E-state index is 13.0. The topological polar surface area (TPSA) is 73.9 Å². The molecule has 1 heterocycles. The van der Waals surface area contributed by atoms with E-state index in [9.17, 15) is 14.0 Å². The smallest absolute Gasteiger partial charge is 0.262 e. The number of ether oxygens (including phenoxy) is 3. The zero-order chi connectivity index (χ0) is 20.9. The third-order valence-corrected chi connectivity index (χ3v) is 4.42. The molecule has 1 N–H and O–H groups in total. The SMILES string of the molecule is O=C(COc1ccc(C(=O)c2ccc(F)cc2)cc1)Nc1ccc2c(c1)OCCO2. The van der Waals surface area contributed by atoms with Gasteiger partial charge in [0.1, 0.15) is 24.8 Å². The number of benzene rings is 3. The van der Waals surface area contributed by atoms with Crippen LogP contribution in [0.5, 0.6) is 17.2 Å². The number of hydrogen-bond donors (Lipinski definition) is 1. The number of fused-ring (bicyclic) bond motifs is 1. The molecule has 0 unspecified atom stereocenters. The summed E-state index contributed by atoms with van der Waals surface area (Å²) in [5, 5.41) is 2.73. The molecule has 0 radical (unpaired) electrons. The second-order valence-corrected chi connectivity index (χ2v) is 6.56. The zero-order valence-electron chi connectivity index (χ0n) is 15.9. The molecule has 7 heteroatoms. The van der Waals surface area contributed by atoms with Crippen LogP contribution in [0, 0.1) is 5.82 Å². The number of amides is 1. The minimum atomic E-state index is -0.398. The lowest BCUT2D eigenvalue weighted by Gasteiger charge is -2.19. The Hall–Kier alpha value is -3.87. The summed E-state index contributed by atoms with van der Waals surface area (Å²) in [6.07, 6.45) is 0. The van der Waals surface area contributed by atoms with Crippen molar-refractivity contribution in [3.05, 3.63) is 83.7 Å². The summed E-state index contributed by atoms with van der Waals surface area (Å²) < 4.78 is 29.4. The van der Waals surface area contributed by atoms with Gasteiger partial charge in [-0.15, -0.1) is 0 Å². The Morgan fingerprint density at radius 2 is 1.50 bits per heavy atom. The summed E-state index contributed by atoms with van der Waals surface area (Å²) in [6.45, 7) is 0.772. The molecule has 152 valence electrons. The van der Waals surface area contributed by atoms with Crippen molar-refractivity contribution < 1.29 is 28.2 Å². The molecule has 1 aliphatic rings. The molecule has 3 aromatic carbocycles. The highest BCUT2D eigenvalue weighted by atomic mass is 19.1. The van der Waals surface area contributed by atoms with E-state index >= 15 is 0 Å². The molecular weight excluding hydrogens is 389 g/mol. The maximum Gasteiger partial charge on any atom is 0.262 e. The van der Waals surface area contributed by atoms with Gasteiger partial charge in [-0.1, -0.05) is 0 Å². The number of hydrogen-bond acceptors (Lipinski definition) is 5. The van der Waals surface area contributed by atoms with Crippen molar-refractivity contribution in [2.24, 2.45) is 0 Å². The van der Waals surface area contributed by atoms with Crippen molar-refractivity contribution in [3.63, 3.8) is 0 Å². The highest BCUT2D eigenvalue weighted by molar-refractivity contribution is 6.09. The number of carbonyl (C=O) groups excluding carboxylic acids is 2. The molecule has 0 bridgehead atoms. The molecule has 0 fully saturated rings. The van der Waals surface area contributed by atoms with Gasteiger partial charge in [-0.2, -0.15) is 0 Å². The van der Waals surface area contributed by atoms with Crippen LogP contribution in [0.3, 0.4) is 0 Å². The van der Waals surface area contributed by atoms with Gasteiger partial charge in [-0.3, -0.25) is 9.59 Å². The van der Waals surface area contributed by atoms with Crippen molar-refractivity contribution in [3.8, 4) is 17.2 Å². The first kappa shape index (κ1) is 19.4. The number of ketones is 1. The van der Waals surface area contributed by atoms with Crippen molar-refractivity contribution in [2.75, 3.05) is 25.1 Å². The molecule has 0 aliphatic carbocycles. The monoisotopic (exact) mass is 407 g/mol. The van der Waals surface area contributed by atoms with Crippen LogP contribution in [-0.2, 0) is 4.79 Å². The average Bonchev–Trinajstić information content (AvgIpc) is 2.78. The predicted octanol–water partition coefficient (Wildman–Crippen LogP) is 3.85. The molecule has 6 nitrogen and oxygen atoms in total. The highest BCUT2D eigenvalue weighted by Crippen LogP contribution is 2.32. The standard InChI is InChI=1S/C23H18FNO5/c24-17-5-1-15(2-6-17)23(27)16-3-8-19(9-4-16)30-14-22(26)25-18-7-10-20-21(13-18)29-12-11-28-20/h1-10,13H,11-12,14H2,(H,25,26). The van der Waals surface area contributed by atoms with Crippen LogP contribution in [0.4, 0.5) is 10.1 Å². The van der Waals surface area contributed by atoms with Crippen LogP contribution in [0.15, 0.2) is 66.7 Å². The summed E-state index contributed by atoms with van der Waals surface area (Å²) in [5.41, 5.74) is 1.41. The van der Waals surface area contributed by atoms with Gasteiger partial charge in [0.05, 0.1) is 0 Å². The summed E-state index contributed by atoms with van der Waals surface area (Å²) in [4.78, 5) is 24.5. The van der Waals surface area contributed by atoms with Gasteiger partial charge in [0.2, 0.25) is 0 Å². The van der Waals surface area contributed by atoms with Crippen LogP contribution < -0.4 is 19.5 Å². The average molecular weight is 407 g/mol. The van der Waals surface area contributed by atoms with Crippen LogP contribution in [0.25, 0.3) is 0 Å². The number of anilines is 1. The van der Waals surface area contributed by atoms with Gasteiger partial charge in [0.15, 0.2) is 23.9 Å². The predicted molar refractivity (Wildman–Crippen MR) is 108 cm³/mol. The van der Waals surface area contributed by atoms with Gasteiger partial charge in [0, 0.05) is 22.9 Å². The quantitative estimate of drug-likeness (QED) is 0.629. The van der Waals surface area contributed by atoms with E-state index in [1.165, 1.54) is 24.3 Å². The molecule has 3 aromatic rings. The number of halogens is 1. The van der Waals surface area contributed by atoms with Crippen molar-refractivity contribution in [1.29, 1.82) is 0 Å². The van der Waals surface area contributed by atoms with Crippen LogP contribution in [-0.4, -0.2) is 31.5 Å². The Kier molecular flexibility index (Phi) is 5.61. The van der Waals surface area contributed by atoms with E-state index in [2.05, 4.69) is 5.32 Å². The van der Waals surface area contributed by atoms with Gasteiger partial charge >= 0.3 is 0 Å². The lowest BCUT2D eigenvalue weighted by molar-refractivity contribution is -0.118. The molecule has 4 rings (SSSR count). The summed E-state index contributed by atoms with van der Waals surface area (Å²) in [7, 11) is 0. The fourth-order valence-corrected chi connectivity index (χ4v) is 2.94. The minimum Gasteiger partial charge on any atom is -0.486 e. The second kappa shape index (κ2) is 8.65. The van der Waals surface area contributed by atoms with E-state index in [0.717, 1.165) is 0 Å². The second-order valence-electron chi connectivity index (χ2n) is 6.56. The number of nitrogens with one attached hydrogen (secondary N) is 1. The van der Waals surface area contributed by atoms with E-state index in [0.29, 0.717) is 47.3 Å². The Balaban J connectivity index is 1.32. The Morgan fingerprint density at radius 3 is 2.20 bits per heavy atom. The van der Waals surface area contributed by atoms with Gasteiger partial charge in [0.25, 0.3) is 5.91 Å². The molecular formula is C23H18FNO5. The summed E-state index contributed by atoms with van der Waals surface area (Å²) in [5.74, 6) is 0.719. The molecule has 30 heavy (non-hydrogen) atoms. The molecule has 1 aliphatic heterocycles. The number of rotatable bonds is 6. The van der Waals surface area contributed by atoms with E-state index in [4.69, 9.17) is 14.2 Å². The Bertz CT molecular complexity index is 1060. The molecule has 0 aromatic heterocycles. The first-order valence-electron chi connectivity index (χ1n) is 9.31. The molecule has 1 amide bonds. The first-order chi connectivity index (χ1) is 14.6. The highest BCUT2D eigenvalue weighted by Gasteiger charge is 2.13. The van der Waals surface area contributed by atoms with E-state index in [1.807, 2.05) is 0 Å². The van der Waals surface area contributed by atoms with Crippen LogP contribution >= 0.6 is 0 Å². The normalized spacial score (nSPS) is 12.2. The first-order valence-corrected chi connectivity index (χ1v) is 9.31. The fraction of sp³-hybridized carbons (Fsp3) is 0.130. The molecule has 0 saturated heterocycles. The van der Waals surface area contributed by atoms with E-state index < -0.39 is 5.82 Å².